The van der Waals surface area contributed by atoms with Crippen molar-refractivity contribution in [1.82, 2.24) is 14.5 Å². The Morgan fingerprint density at radius 2 is 1.75 bits per heavy atom. The van der Waals surface area contributed by atoms with Gasteiger partial charge in [-0.2, -0.15) is 0 Å². The van der Waals surface area contributed by atoms with Gasteiger partial charge in [0.05, 0.1) is 23.7 Å². The van der Waals surface area contributed by atoms with Crippen molar-refractivity contribution in [2.75, 3.05) is 6.61 Å². The summed E-state index contributed by atoms with van der Waals surface area (Å²) in [6, 6.07) is 15.5. The van der Waals surface area contributed by atoms with Crippen LogP contribution in [0.4, 0.5) is 0 Å². The highest BCUT2D eigenvalue weighted by atomic mass is 16.5. The van der Waals surface area contributed by atoms with Crippen LogP contribution in [0.1, 0.15) is 37.8 Å². The molecule has 0 aliphatic carbocycles. The highest BCUT2D eigenvalue weighted by molar-refractivity contribution is 5.78. The third-order valence-electron chi connectivity index (χ3n) is 5.23. The van der Waals surface area contributed by atoms with Crippen LogP contribution in [0.25, 0.3) is 11.0 Å². The molecule has 6 nitrogen and oxygen atoms in total. The SMILES string of the molecule is CCCn1c(=O)n(CCC(=O)NC2CCOc3ccccc32)c2ccccc21. The van der Waals surface area contributed by atoms with Crippen LogP contribution in [0.5, 0.6) is 5.75 Å². The molecule has 0 spiro atoms. The first-order valence-corrected chi connectivity index (χ1v) is 9.88. The van der Waals surface area contributed by atoms with Crippen LogP contribution in [0.15, 0.2) is 53.3 Å². The number of hydrogen-bond acceptors (Lipinski definition) is 3. The van der Waals surface area contributed by atoms with Crippen molar-refractivity contribution in [3.8, 4) is 5.75 Å². The van der Waals surface area contributed by atoms with E-state index in [9.17, 15) is 9.59 Å². The number of nitrogens with zero attached hydrogens (tertiary/aromatic N) is 2. The molecule has 1 aliphatic rings. The van der Waals surface area contributed by atoms with Crippen molar-refractivity contribution in [1.29, 1.82) is 0 Å². The van der Waals surface area contributed by atoms with Crippen LogP contribution in [-0.4, -0.2) is 21.6 Å². The molecule has 0 fully saturated rings. The van der Waals surface area contributed by atoms with Gasteiger partial charge in [-0.05, 0) is 24.6 Å². The fraction of sp³-hybridized carbons (Fsp3) is 0.364. The van der Waals surface area contributed by atoms with Gasteiger partial charge in [0.25, 0.3) is 0 Å². The molecule has 0 radical (unpaired) electrons. The van der Waals surface area contributed by atoms with E-state index in [-0.39, 0.29) is 24.1 Å². The maximum Gasteiger partial charge on any atom is 0.329 e. The maximum absolute atomic E-state index is 12.8. The molecule has 0 bridgehead atoms. The Morgan fingerprint density at radius 3 is 2.50 bits per heavy atom. The van der Waals surface area contributed by atoms with Crippen LogP contribution in [0, 0.1) is 0 Å². The third-order valence-corrected chi connectivity index (χ3v) is 5.23. The number of benzene rings is 2. The zero-order valence-electron chi connectivity index (χ0n) is 16.1. The molecule has 28 heavy (non-hydrogen) atoms. The first kappa shape index (κ1) is 18.3. The molecule has 2 aromatic carbocycles. The number of hydrogen-bond donors (Lipinski definition) is 1. The van der Waals surface area contributed by atoms with E-state index in [0.29, 0.717) is 19.7 Å². The molecule has 1 atom stereocenters. The number of amides is 1. The van der Waals surface area contributed by atoms with E-state index in [1.54, 1.807) is 9.13 Å². The molecule has 4 rings (SSSR count). The predicted molar refractivity (Wildman–Crippen MR) is 109 cm³/mol. The second-order valence-electron chi connectivity index (χ2n) is 7.12. The predicted octanol–water partition coefficient (Wildman–Crippen LogP) is 3.24. The third kappa shape index (κ3) is 3.42. The molecule has 1 unspecified atom stereocenters. The Morgan fingerprint density at radius 1 is 1.07 bits per heavy atom. The number of rotatable bonds is 6. The average molecular weight is 379 g/mol. The van der Waals surface area contributed by atoms with Gasteiger partial charge in [0.1, 0.15) is 5.75 Å². The van der Waals surface area contributed by atoms with E-state index in [1.165, 1.54) is 0 Å². The van der Waals surface area contributed by atoms with Gasteiger partial charge in [-0.3, -0.25) is 13.9 Å². The van der Waals surface area contributed by atoms with Gasteiger partial charge in [-0.25, -0.2) is 4.79 Å². The Labute approximate surface area is 163 Å². The number of carbonyl (C=O) groups excluding carboxylic acids is 1. The molecule has 1 aliphatic heterocycles. The largest absolute Gasteiger partial charge is 0.493 e. The van der Waals surface area contributed by atoms with Crippen molar-refractivity contribution >= 4 is 16.9 Å². The topological polar surface area (TPSA) is 65.3 Å². The van der Waals surface area contributed by atoms with E-state index in [2.05, 4.69) is 12.2 Å². The normalized spacial score (nSPS) is 15.8. The molecule has 1 N–H and O–H groups in total. The van der Waals surface area contributed by atoms with E-state index >= 15 is 0 Å². The van der Waals surface area contributed by atoms with Gasteiger partial charge in [-0.15, -0.1) is 0 Å². The van der Waals surface area contributed by atoms with Crippen molar-refractivity contribution < 1.29 is 9.53 Å². The number of ether oxygens (including phenoxy) is 1. The standard InChI is InChI=1S/C22H25N3O3/c1-2-13-24-18-8-4-5-9-19(18)25(22(24)27)14-11-21(26)23-17-12-15-28-20-10-6-3-7-16(17)20/h3-10,17H,2,11-15H2,1H3,(H,23,26). The molecule has 2 heterocycles. The van der Waals surface area contributed by atoms with Gasteiger partial charge in [-0.1, -0.05) is 37.3 Å². The quantitative estimate of drug-likeness (QED) is 0.715. The summed E-state index contributed by atoms with van der Waals surface area (Å²) < 4.78 is 9.16. The Bertz CT molecular complexity index is 1050. The zero-order valence-corrected chi connectivity index (χ0v) is 16.1. The van der Waals surface area contributed by atoms with E-state index in [0.717, 1.165) is 35.2 Å². The van der Waals surface area contributed by atoms with Crippen LogP contribution < -0.4 is 15.7 Å². The fourth-order valence-corrected chi connectivity index (χ4v) is 3.90. The summed E-state index contributed by atoms with van der Waals surface area (Å²) in [6.45, 7) is 3.69. The number of aryl methyl sites for hydroxylation is 2. The summed E-state index contributed by atoms with van der Waals surface area (Å²) >= 11 is 0. The fourth-order valence-electron chi connectivity index (χ4n) is 3.90. The smallest absolute Gasteiger partial charge is 0.329 e. The lowest BCUT2D eigenvalue weighted by Crippen LogP contribution is -2.33. The molecule has 0 saturated heterocycles. The van der Waals surface area contributed by atoms with Crippen molar-refractivity contribution in [2.24, 2.45) is 0 Å². The summed E-state index contributed by atoms with van der Waals surface area (Å²) in [5, 5.41) is 3.10. The summed E-state index contributed by atoms with van der Waals surface area (Å²) in [7, 11) is 0. The summed E-state index contributed by atoms with van der Waals surface area (Å²) in [6.07, 6.45) is 1.90. The molecule has 1 amide bonds. The molecule has 6 heteroatoms. The number of nitrogens with one attached hydrogen (secondary N) is 1. The van der Waals surface area contributed by atoms with Gasteiger partial charge in [0.15, 0.2) is 0 Å². The first-order chi connectivity index (χ1) is 13.7. The van der Waals surface area contributed by atoms with Crippen LogP contribution >= 0.6 is 0 Å². The van der Waals surface area contributed by atoms with Gasteiger partial charge < -0.3 is 10.1 Å². The highest BCUT2D eigenvalue weighted by Crippen LogP contribution is 2.31. The van der Waals surface area contributed by atoms with Gasteiger partial charge in [0.2, 0.25) is 5.91 Å². The molecular formula is C22H25N3O3. The van der Waals surface area contributed by atoms with Gasteiger partial charge >= 0.3 is 5.69 Å². The monoisotopic (exact) mass is 379 g/mol. The lowest BCUT2D eigenvalue weighted by molar-refractivity contribution is -0.122. The lowest BCUT2D eigenvalue weighted by Gasteiger charge is -2.26. The second kappa shape index (κ2) is 7.92. The summed E-state index contributed by atoms with van der Waals surface area (Å²) in [5.74, 6) is 0.777. The highest BCUT2D eigenvalue weighted by Gasteiger charge is 2.22. The summed E-state index contributed by atoms with van der Waals surface area (Å²) in [5.41, 5.74) is 2.77. The Balaban J connectivity index is 1.49. The second-order valence-corrected chi connectivity index (χ2v) is 7.12. The minimum atomic E-state index is -0.0547. The van der Waals surface area contributed by atoms with E-state index in [4.69, 9.17) is 4.74 Å². The van der Waals surface area contributed by atoms with Crippen LogP contribution in [0.3, 0.4) is 0 Å². The average Bonchev–Trinajstić information content (AvgIpc) is 2.98. The molecule has 146 valence electrons. The number of imidazole rings is 1. The van der Waals surface area contributed by atoms with Crippen LogP contribution in [0.2, 0.25) is 0 Å². The number of aromatic nitrogens is 2. The molecule has 3 aromatic rings. The zero-order chi connectivity index (χ0) is 19.5. The van der Waals surface area contributed by atoms with Crippen molar-refractivity contribution in [2.45, 2.75) is 45.3 Å². The van der Waals surface area contributed by atoms with E-state index < -0.39 is 0 Å². The number of fused-ring (bicyclic) bond motifs is 2. The van der Waals surface area contributed by atoms with E-state index in [1.807, 2.05) is 48.5 Å². The Hall–Kier alpha value is -3.02. The Kier molecular flexibility index (Phi) is 5.19. The minimum Gasteiger partial charge on any atom is -0.493 e. The lowest BCUT2D eigenvalue weighted by atomic mass is 10.0. The minimum absolute atomic E-state index is 0.0457. The molecular weight excluding hydrogens is 354 g/mol. The van der Waals surface area contributed by atoms with Crippen molar-refractivity contribution in [3.63, 3.8) is 0 Å². The molecule has 1 aromatic heterocycles. The first-order valence-electron chi connectivity index (χ1n) is 9.88. The molecule has 0 saturated carbocycles. The van der Waals surface area contributed by atoms with Crippen molar-refractivity contribution in [3.05, 3.63) is 64.6 Å². The maximum atomic E-state index is 12.8. The number of para-hydroxylation sites is 3. The van der Waals surface area contributed by atoms with Gasteiger partial charge in [0, 0.05) is 31.5 Å². The van der Waals surface area contributed by atoms with Crippen LogP contribution in [-0.2, 0) is 17.9 Å². The number of carbonyl (C=O) groups is 1. The summed E-state index contributed by atoms with van der Waals surface area (Å²) in [4.78, 5) is 25.4.